The SMILES string of the molecule is CN(Cc1cccnc1)C(=O)C1C2CCC(C2)C1N. The van der Waals surface area contributed by atoms with Gasteiger partial charge in [-0.05, 0) is 42.7 Å². The van der Waals surface area contributed by atoms with Crippen molar-refractivity contribution in [1.82, 2.24) is 9.88 Å². The Labute approximate surface area is 114 Å². The predicted molar refractivity (Wildman–Crippen MR) is 73.0 cm³/mol. The Hall–Kier alpha value is -1.42. The molecular formula is C15H21N3O. The van der Waals surface area contributed by atoms with Gasteiger partial charge in [0.2, 0.25) is 5.91 Å². The van der Waals surface area contributed by atoms with Gasteiger partial charge in [0.25, 0.3) is 0 Å². The van der Waals surface area contributed by atoms with Crippen molar-refractivity contribution in [2.45, 2.75) is 31.8 Å². The minimum absolute atomic E-state index is 0.0421. The molecule has 0 aliphatic heterocycles. The smallest absolute Gasteiger partial charge is 0.227 e. The van der Waals surface area contributed by atoms with Gasteiger partial charge in [0.1, 0.15) is 0 Å². The number of fused-ring (bicyclic) bond motifs is 2. The zero-order valence-electron chi connectivity index (χ0n) is 11.3. The number of rotatable bonds is 3. The third-order valence-electron chi connectivity index (χ3n) is 4.78. The summed E-state index contributed by atoms with van der Waals surface area (Å²) in [5.74, 6) is 1.35. The molecule has 2 N–H and O–H groups in total. The second-order valence-electron chi connectivity index (χ2n) is 5.99. The summed E-state index contributed by atoms with van der Waals surface area (Å²) in [5, 5.41) is 0. The molecule has 102 valence electrons. The van der Waals surface area contributed by atoms with E-state index < -0.39 is 0 Å². The van der Waals surface area contributed by atoms with Crippen molar-refractivity contribution < 1.29 is 4.79 Å². The van der Waals surface area contributed by atoms with Crippen LogP contribution in [-0.4, -0.2) is 28.9 Å². The van der Waals surface area contributed by atoms with Gasteiger partial charge in [-0.3, -0.25) is 9.78 Å². The first-order valence-electron chi connectivity index (χ1n) is 7.06. The highest BCUT2D eigenvalue weighted by Gasteiger charge is 2.49. The summed E-state index contributed by atoms with van der Waals surface area (Å²) in [4.78, 5) is 18.5. The highest BCUT2D eigenvalue weighted by atomic mass is 16.2. The quantitative estimate of drug-likeness (QED) is 0.893. The lowest BCUT2D eigenvalue weighted by Crippen LogP contribution is -2.45. The maximum Gasteiger partial charge on any atom is 0.227 e. The Morgan fingerprint density at radius 3 is 2.89 bits per heavy atom. The zero-order chi connectivity index (χ0) is 13.4. The number of carbonyl (C=O) groups excluding carboxylic acids is 1. The van der Waals surface area contributed by atoms with E-state index in [2.05, 4.69) is 4.98 Å². The van der Waals surface area contributed by atoms with Crippen LogP contribution < -0.4 is 5.73 Å². The van der Waals surface area contributed by atoms with E-state index in [1.807, 2.05) is 30.3 Å². The number of hydrogen-bond acceptors (Lipinski definition) is 3. The fourth-order valence-electron chi connectivity index (χ4n) is 3.80. The van der Waals surface area contributed by atoms with Gasteiger partial charge in [-0.1, -0.05) is 6.07 Å². The Morgan fingerprint density at radius 2 is 2.26 bits per heavy atom. The largest absolute Gasteiger partial charge is 0.341 e. The molecule has 1 aromatic heterocycles. The van der Waals surface area contributed by atoms with E-state index in [0.717, 1.165) is 12.0 Å². The number of aromatic nitrogens is 1. The van der Waals surface area contributed by atoms with Gasteiger partial charge < -0.3 is 10.6 Å². The maximum absolute atomic E-state index is 12.6. The molecule has 19 heavy (non-hydrogen) atoms. The second kappa shape index (κ2) is 4.93. The average Bonchev–Trinajstić information content (AvgIpc) is 3.00. The van der Waals surface area contributed by atoms with Crippen LogP contribution in [0, 0.1) is 17.8 Å². The molecule has 0 aromatic carbocycles. The van der Waals surface area contributed by atoms with Gasteiger partial charge >= 0.3 is 0 Å². The monoisotopic (exact) mass is 259 g/mol. The third kappa shape index (κ3) is 2.25. The van der Waals surface area contributed by atoms with Gasteiger partial charge in [0.05, 0.1) is 5.92 Å². The van der Waals surface area contributed by atoms with Crippen LogP contribution in [0.2, 0.25) is 0 Å². The number of pyridine rings is 1. The molecule has 2 saturated carbocycles. The number of amides is 1. The summed E-state index contributed by atoms with van der Waals surface area (Å²) in [6, 6.07) is 3.97. The predicted octanol–water partition coefficient (Wildman–Crippen LogP) is 1.41. The normalized spacial score (nSPS) is 32.5. The standard InChI is InChI=1S/C15H21N3O/c1-18(9-10-3-2-6-17-8-10)15(19)13-11-4-5-12(7-11)14(13)16/h2-3,6,8,11-14H,4-5,7,9,16H2,1H3. The minimum Gasteiger partial charge on any atom is -0.341 e. The molecule has 4 unspecified atom stereocenters. The van der Waals surface area contributed by atoms with Crippen molar-refractivity contribution in [2.75, 3.05) is 7.05 Å². The summed E-state index contributed by atoms with van der Waals surface area (Å²) < 4.78 is 0. The summed E-state index contributed by atoms with van der Waals surface area (Å²) in [5.41, 5.74) is 7.30. The van der Waals surface area contributed by atoms with Crippen LogP contribution in [0.3, 0.4) is 0 Å². The highest BCUT2D eigenvalue weighted by molar-refractivity contribution is 5.80. The van der Waals surface area contributed by atoms with Crippen molar-refractivity contribution in [3.8, 4) is 0 Å². The van der Waals surface area contributed by atoms with E-state index in [0.29, 0.717) is 18.4 Å². The minimum atomic E-state index is 0.0421. The molecule has 1 amide bonds. The van der Waals surface area contributed by atoms with Crippen molar-refractivity contribution in [3.63, 3.8) is 0 Å². The van der Waals surface area contributed by atoms with Crippen LogP contribution >= 0.6 is 0 Å². The van der Waals surface area contributed by atoms with Gasteiger partial charge in [-0.25, -0.2) is 0 Å². The van der Waals surface area contributed by atoms with E-state index in [1.165, 1.54) is 12.8 Å². The molecule has 3 rings (SSSR count). The first kappa shape index (κ1) is 12.6. The summed E-state index contributed by atoms with van der Waals surface area (Å²) in [7, 11) is 1.87. The number of carbonyl (C=O) groups is 1. The van der Waals surface area contributed by atoms with Crippen LogP contribution in [0.5, 0.6) is 0 Å². The van der Waals surface area contributed by atoms with Crippen molar-refractivity contribution in [2.24, 2.45) is 23.5 Å². The lowest BCUT2D eigenvalue weighted by Gasteiger charge is -2.30. The van der Waals surface area contributed by atoms with E-state index in [9.17, 15) is 4.79 Å². The molecule has 0 radical (unpaired) electrons. The molecule has 4 nitrogen and oxygen atoms in total. The van der Waals surface area contributed by atoms with Gasteiger partial charge in [0.15, 0.2) is 0 Å². The molecule has 2 bridgehead atoms. The molecule has 4 heteroatoms. The fraction of sp³-hybridized carbons (Fsp3) is 0.600. The van der Waals surface area contributed by atoms with Crippen LogP contribution in [0.4, 0.5) is 0 Å². The molecule has 4 atom stereocenters. The van der Waals surface area contributed by atoms with E-state index in [1.54, 1.807) is 6.20 Å². The Bertz CT molecular complexity index is 460. The molecular weight excluding hydrogens is 238 g/mol. The third-order valence-corrected chi connectivity index (χ3v) is 4.78. The molecule has 0 saturated heterocycles. The lowest BCUT2D eigenvalue weighted by atomic mass is 9.84. The number of hydrogen-bond donors (Lipinski definition) is 1. The van der Waals surface area contributed by atoms with Crippen LogP contribution in [0.15, 0.2) is 24.5 Å². The van der Waals surface area contributed by atoms with E-state index >= 15 is 0 Å². The summed E-state index contributed by atoms with van der Waals surface area (Å²) >= 11 is 0. The van der Waals surface area contributed by atoms with Crippen molar-refractivity contribution in [3.05, 3.63) is 30.1 Å². The lowest BCUT2D eigenvalue weighted by molar-refractivity contribution is -0.137. The van der Waals surface area contributed by atoms with Crippen molar-refractivity contribution in [1.29, 1.82) is 0 Å². The Balaban J connectivity index is 1.67. The van der Waals surface area contributed by atoms with Crippen LogP contribution in [0.1, 0.15) is 24.8 Å². The molecule has 2 fully saturated rings. The topological polar surface area (TPSA) is 59.2 Å². The van der Waals surface area contributed by atoms with Crippen LogP contribution in [-0.2, 0) is 11.3 Å². The van der Waals surface area contributed by atoms with Gasteiger partial charge in [-0.15, -0.1) is 0 Å². The number of nitrogens with zero attached hydrogens (tertiary/aromatic N) is 2. The zero-order valence-corrected chi connectivity index (χ0v) is 11.3. The van der Waals surface area contributed by atoms with Crippen LogP contribution in [0.25, 0.3) is 0 Å². The van der Waals surface area contributed by atoms with E-state index in [4.69, 9.17) is 5.73 Å². The molecule has 1 aromatic rings. The number of nitrogens with two attached hydrogens (primary N) is 1. The van der Waals surface area contributed by atoms with Gasteiger partial charge in [0, 0.05) is 32.0 Å². The maximum atomic E-state index is 12.6. The summed E-state index contributed by atoms with van der Waals surface area (Å²) in [6.07, 6.45) is 7.09. The molecule has 1 heterocycles. The average molecular weight is 259 g/mol. The molecule has 2 aliphatic carbocycles. The molecule has 0 spiro atoms. The Kier molecular flexibility index (Phi) is 3.27. The first-order valence-corrected chi connectivity index (χ1v) is 7.06. The van der Waals surface area contributed by atoms with Crippen molar-refractivity contribution >= 4 is 5.91 Å². The van der Waals surface area contributed by atoms with Gasteiger partial charge in [-0.2, -0.15) is 0 Å². The Morgan fingerprint density at radius 1 is 1.47 bits per heavy atom. The molecule has 2 aliphatic rings. The first-order chi connectivity index (χ1) is 9.16. The fourth-order valence-corrected chi connectivity index (χ4v) is 3.80. The van der Waals surface area contributed by atoms with E-state index in [-0.39, 0.29) is 17.9 Å². The second-order valence-corrected chi connectivity index (χ2v) is 5.99. The summed E-state index contributed by atoms with van der Waals surface area (Å²) in [6.45, 7) is 0.618. The highest BCUT2D eigenvalue weighted by Crippen LogP contribution is 2.48.